The molecule has 0 heterocycles. The number of benzene rings is 1. The summed E-state index contributed by atoms with van der Waals surface area (Å²) in [4.78, 5) is 10.6. The van der Waals surface area contributed by atoms with Gasteiger partial charge < -0.3 is 0 Å². The summed E-state index contributed by atoms with van der Waals surface area (Å²) < 4.78 is 0. The van der Waals surface area contributed by atoms with E-state index in [9.17, 15) is 4.79 Å². The first-order chi connectivity index (χ1) is 6.03. The van der Waals surface area contributed by atoms with Crippen LogP contribution in [0.1, 0.15) is 19.4 Å². The highest BCUT2D eigenvalue weighted by atomic mass is 35.5. The summed E-state index contributed by atoms with van der Waals surface area (Å²) in [6, 6.07) is 7.55. The molecule has 2 heteroatoms. The molecule has 0 bridgehead atoms. The van der Waals surface area contributed by atoms with Crippen LogP contribution in [0.3, 0.4) is 0 Å². The minimum absolute atomic E-state index is 0.426. The van der Waals surface area contributed by atoms with E-state index in [0.717, 1.165) is 5.56 Å². The van der Waals surface area contributed by atoms with E-state index in [1.54, 1.807) is 0 Å². The fraction of sp³-hybridized carbons (Fsp3) is 0.364. The maximum absolute atomic E-state index is 10.6. The van der Waals surface area contributed by atoms with Crippen LogP contribution in [-0.2, 0) is 11.2 Å². The van der Waals surface area contributed by atoms with Crippen LogP contribution in [0, 0.1) is 5.41 Å². The standard InChI is InChI=1S/C11H12ClO/c1-11(2,8-13)7-9-4-3-5-10(12)6-9/h3-6H,7H2,1-2H3. The van der Waals surface area contributed by atoms with Crippen LogP contribution < -0.4 is 0 Å². The first-order valence-electron chi connectivity index (χ1n) is 4.17. The molecule has 1 aromatic rings. The zero-order valence-corrected chi connectivity index (χ0v) is 8.56. The zero-order valence-electron chi connectivity index (χ0n) is 7.80. The summed E-state index contributed by atoms with van der Waals surface area (Å²) >= 11 is 5.82. The largest absolute Gasteiger partial charge is 0.290 e. The first-order valence-corrected chi connectivity index (χ1v) is 4.55. The van der Waals surface area contributed by atoms with Crippen LogP contribution in [0.4, 0.5) is 0 Å². The average Bonchev–Trinajstić information content (AvgIpc) is 2.03. The van der Waals surface area contributed by atoms with Crippen LogP contribution in [0.5, 0.6) is 0 Å². The molecule has 0 aromatic heterocycles. The SMILES string of the molecule is CC(C)([C]=O)Cc1cccc(Cl)c1. The van der Waals surface area contributed by atoms with Gasteiger partial charge in [0.2, 0.25) is 6.29 Å². The molecule has 0 unspecified atom stereocenters. The van der Waals surface area contributed by atoms with Crippen molar-refractivity contribution in [1.29, 1.82) is 0 Å². The maximum atomic E-state index is 10.6. The fourth-order valence-corrected chi connectivity index (χ4v) is 1.41. The highest BCUT2D eigenvalue weighted by molar-refractivity contribution is 6.30. The summed E-state index contributed by atoms with van der Waals surface area (Å²) in [6.45, 7) is 3.72. The predicted molar refractivity (Wildman–Crippen MR) is 54.6 cm³/mol. The normalized spacial score (nSPS) is 11.3. The lowest BCUT2D eigenvalue weighted by atomic mass is 9.87. The highest BCUT2D eigenvalue weighted by Gasteiger charge is 2.18. The molecular weight excluding hydrogens is 184 g/mol. The second-order valence-electron chi connectivity index (χ2n) is 3.79. The third-order valence-corrected chi connectivity index (χ3v) is 2.05. The zero-order chi connectivity index (χ0) is 9.90. The van der Waals surface area contributed by atoms with Crippen molar-refractivity contribution in [3.05, 3.63) is 34.9 Å². The fourth-order valence-electron chi connectivity index (χ4n) is 1.19. The van der Waals surface area contributed by atoms with Gasteiger partial charge in [-0.3, -0.25) is 4.79 Å². The molecule has 1 rings (SSSR count). The molecule has 0 spiro atoms. The molecule has 1 radical (unpaired) electrons. The van der Waals surface area contributed by atoms with E-state index in [-0.39, 0.29) is 0 Å². The van der Waals surface area contributed by atoms with Crippen molar-refractivity contribution in [3.8, 4) is 0 Å². The van der Waals surface area contributed by atoms with Gasteiger partial charge in [0.05, 0.1) is 0 Å². The van der Waals surface area contributed by atoms with Crippen molar-refractivity contribution >= 4 is 17.9 Å². The molecule has 13 heavy (non-hydrogen) atoms. The van der Waals surface area contributed by atoms with Gasteiger partial charge in [0.1, 0.15) is 0 Å². The Morgan fingerprint density at radius 2 is 2.15 bits per heavy atom. The summed E-state index contributed by atoms with van der Waals surface area (Å²) in [5.74, 6) is 0. The van der Waals surface area contributed by atoms with E-state index in [2.05, 4.69) is 0 Å². The number of halogens is 1. The van der Waals surface area contributed by atoms with Gasteiger partial charge in [0, 0.05) is 10.4 Å². The van der Waals surface area contributed by atoms with Gasteiger partial charge in [-0.2, -0.15) is 0 Å². The predicted octanol–water partition coefficient (Wildman–Crippen LogP) is 3.02. The number of carbonyl (C=O) groups excluding carboxylic acids is 1. The molecule has 0 saturated carbocycles. The van der Waals surface area contributed by atoms with Crippen LogP contribution in [-0.4, -0.2) is 6.29 Å². The highest BCUT2D eigenvalue weighted by Crippen LogP contribution is 2.20. The van der Waals surface area contributed by atoms with Gasteiger partial charge in [-0.1, -0.05) is 37.6 Å². The van der Waals surface area contributed by atoms with E-state index in [0.29, 0.717) is 11.4 Å². The van der Waals surface area contributed by atoms with E-state index < -0.39 is 5.41 Å². The Kier molecular flexibility index (Phi) is 3.10. The molecule has 0 aliphatic carbocycles. The summed E-state index contributed by atoms with van der Waals surface area (Å²) in [6.07, 6.45) is 2.69. The van der Waals surface area contributed by atoms with Crippen LogP contribution in [0.15, 0.2) is 24.3 Å². The Balaban J connectivity index is 2.80. The molecule has 1 aromatic carbocycles. The Morgan fingerprint density at radius 1 is 1.46 bits per heavy atom. The lowest BCUT2D eigenvalue weighted by Crippen LogP contribution is -2.16. The Hall–Kier alpha value is -0.820. The Bertz CT molecular complexity index is 305. The first kappa shape index (κ1) is 10.3. The lowest BCUT2D eigenvalue weighted by Gasteiger charge is -2.15. The third-order valence-electron chi connectivity index (χ3n) is 1.81. The van der Waals surface area contributed by atoms with E-state index in [1.165, 1.54) is 0 Å². The van der Waals surface area contributed by atoms with Crippen molar-refractivity contribution in [2.24, 2.45) is 5.41 Å². The minimum Gasteiger partial charge on any atom is -0.290 e. The molecule has 0 amide bonds. The topological polar surface area (TPSA) is 17.1 Å². The van der Waals surface area contributed by atoms with Crippen LogP contribution >= 0.6 is 11.6 Å². The third kappa shape index (κ3) is 3.19. The molecule has 0 atom stereocenters. The molecule has 0 fully saturated rings. The smallest absolute Gasteiger partial charge is 0.204 e. The van der Waals surface area contributed by atoms with Crippen LogP contribution in [0.2, 0.25) is 5.02 Å². The molecular formula is C11H12ClO. The molecule has 0 aliphatic rings. The van der Waals surface area contributed by atoms with Gasteiger partial charge >= 0.3 is 0 Å². The van der Waals surface area contributed by atoms with Gasteiger partial charge in [0.15, 0.2) is 0 Å². The quantitative estimate of drug-likeness (QED) is 0.725. The molecule has 1 nitrogen and oxygen atoms in total. The minimum atomic E-state index is -0.426. The van der Waals surface area contributed by atoms with E-state index >= 15 is 0 Å². The average molecular weight is 196 g/mol. The Morgan fingerprint density at radius 3 is 2.69 bits per heavy atom. The monoisotopic (exact) mass is 195 g/mol. The van der Waals surface area contributed by atoms with E-state index in [4.69, 9.17) is 11.6 Å². The van der Waals surface area contributed by atoms with Gasteiger partial charge in [0.25, 0.3) is 0 Å². The van der Waals surface area contributed by atoms with Crippen molar-refractivity contribution in [1.82, 2.24) is 0 Å². The second-order valence-corrected chi connectivity index (χ2v) is 4.23. The lowest BCUT2D eigenvalue weighted by molar-refractivity contribution is 0.448. The van der Waals surface area contributed by atoms with Gasteiger partial charge in [-0.15, -0.1) is 0 Å². The Labute approximate surface area is 83.7 Å². The van der Waals surface area contributed by atoms with Crippen molar-refractivity contribution in [2.75, 3.05) is 0 Å². The van der Waals surface area contributed by atoms with Crippen molar-refractivity contribution in [3.63, 3.8) is 0 Å². The van der Waals surface area contributed by atoms with Crippen molar-refractivity contribution in [2.45, 2.75) is 20.3 Å². The number of rotatable bonds is 3. The molecule has 0 saturated heterocycles. The van der Waals surface area contributed by atoms with Crippen LogP contribution in [0.25, 0.3) is 0 Å². The molecule has 0 aliphatic heterocycles. The maximum Gasteiger partial charge on any atom is 0.204 e. The summed E-state index contributed by atoms with van der Waals surface area (Å²) in [7, 11) is 0. The molecule has 69 valence electrons. The summed E-state index contributed by atoms with van der Waals surface area (Å²) in [5, 5.41) is 0.708. The second kappa shape index (κ2) is 3.93. The van der Waals surface area contributed by atoms with E-state index in [1.807, 2.05) is 44.4 Å². The van der Waals surface area contributed by atoms with Gasteiger partial charge in [-0.25, -0.2) is 0 Å². The molecule has 0 N–H and O–H groups in total. The number of hydrogen-bond acceptors (Lipinski definition) is 1. The van der Waals surface area contributed by atoms with Gasteiger partial charge in [-0.05, 0) is 24.1 Å². The number of hydrogen-bond donors (Lipinski definition) is 0. The summed E-state index contributed by atoms with van der Waals surface area (Å²) in [5.41, 5.74) is 0.644. The van der Waals surface area contributed by atoms with Crippen molar-refractivity contribution < 1.29 is 4.79 Å².